The minimum Gasteiger partial charge on any atom is -0.414 e. The molecule has 5 nitrogen and oxygen atoms in total. The van der Waals surface area contributed by atoms with Crippen LogP contribution < -0.4 is 0 Å². The van der Waals surface area contributed by atoms with Crippen LogP contribution >= 0.6 is 0 Å². The van der Waals surface area contributed by atoms with Crippen LogP contribution in [0.2, 0.25) is 18.1 Å². The third-order valence-corrected chi connectivity index (χ3v) is 11.9. The molecule has 0 aliphatic heterocycles. The van der Waals surface area contributed by atoms with Crippen molar-refractivity contribution in [3.05, 3.63) is 78.4 Å². The van der Waals surface area contributed by atoms with Crippen molar-refractivity contribution in [1.29, 1.82) is 0 Å². The van der Waals surface area contributed by atoms with E-state index in [4.69, 9.17) is 13.3 Å². The second-order valence-electron chi connectivity index (χ2n) is 9.83. The number of aryl methyl sites for hydroxylation is 1. The van der Waals surface area contributed by atoms with Gasteiger partial charge < -0.3 is 9.16 Å². The molecule has 0 aliphatic carbocycles. The molecule has 0 unspecified atom stereocenters. The lowest BCUT2D eigenvalue weighted by molar-refractivity contribution is -0.0472. The predicted octanol–water partition coefficient (Wildman–Crippen LogP) is 6.25. The van der Waals surface area contributed by atoms with Crippen LogP contribution in [0.5, 0.6) is 0 Å². The average molecular weight is 491 g/mol. The molecule has 2 aromatic rings. The summed E-state index contributed by atoms with van der Waals surface area (Å²) in [5.74, 6) is 0. The van der Waals surface area contributed by atoms with Gasteiger partial charge in [0.25, 0.3) is 10.1 Å². The van der Waals surface area contributed by atoms with Gasteiger partial charge in [0, 0.05) is 0 Å². The molecule has 2 atom stereocenters. The van der Waals surface area contributed by atoms with Crippen LogP contribution in [0.1, 0.15) is 38.3 Å². The molecule has 33 heavy (non-hydrogen) atoms. The molecular weight excluding hydrogens is 452 g/mol. The summed E-state index contributed by atoms with van der Waals surface area (Å²) in [6.45, 7) is 16.9. The van der Waals surface area contributed by atoms with Gasteiger partial charge in [-0.05, 0) is 49.2 Å². The summed E-state index contributed by atoms with van der Waals surface area (Å²) in [5.41, 5.74) is 1.97. The lowest BCUT2D eigenvalue weighted by Gasteiger charge is -2.38. The standard InChI is InChI=1S/C26H38O5SSi/c1-8-12-24(29-19-22-13-10-9-11-14-22)25(20-30-33(6,7)26(3,4)5)31-32(27,28)23-17-15-21(2)16-18-23/h8-11,13-18,24-25H,1,12,19-20H2,2-7H3/t24-,25+/m0/s1. The molecule has 0 aliphatic rings. The second-order valence-corrected chi connectivity index (χ2v) is 16.2. The van der Waals surface area contributed by atoms with Crippen molar-refractivity contribution in [3.8, 4) is 0 Å². The molecule has 7 heteroatoms. The van der Waals surface area contributed by atoms with Gasteiger partial charge >= 0.3 is 0 Å². The van der Waals surface area contributed by atoms with E-state index in [1.165, 1.54) is 0 Å². The Kier molecular flexibility index (Phi) is 9.64. The Morgan fingerprint density at radius 3 is 2.15 bits per heavy atom. The molecule has 2 aromatic carbocycles. The van der Waals surface area contributed by atoms with E-state index in [1.807, 2.05) is 37.3 Å². The van der Waals surface area contributed by atoms with Crippen LogP contribution in [0.3, 0.4) is 0 Å². The Morgan fingerprint density at radius 2 is 1.61 bits per heavy atom. The summed E-state index contributed by atoms with van der Waals surface area (Å²) < 4.78 is 44.5. The minimum atomic E-state index is -4.00. The Morgan fingerprint density at radius 1 is 1.00 bits per heavy atom. The third kappa shape index (κ3) is 8.19. The lowest BCUT2D eigenvalue weighted by Crippen LogP contribution is -2.46. The summed E-state index contributed by atoms with van der Waals surface area (Å²) in [4.78, 5) is 0.117. The molecule has 0 heterocycles. The highest BCUT2D eigenvalue weighted by Gasteiger charge is 2.39. The van der Waals surface area contributed by atoms with Crippen molar-refractivity contribution >= 4 is 18.4 Å². The zero-order chi connectivity index (χ0) is 24.7. The number of hydrogen-bond acceptors (Lipinski definition) is 5. The maximum Gasteiger partial charge on any atom is 0.297 e. The molecule has 0 radical (unpaired) electrons. The molecule has 0 aromatic heterocycles. The smallest absolute Gasteiger partial charge is 0.297 e. The first-order valence-corrected chi connectivity index (χ1v) is 15.6. The first kappa shape index (κ1) is 27.5. The van der Waals surface area contributed by atoms with E-state index in [9.17, 15) is 8.42 Å². The highest BCUT2D eigenvalue weighted by molar-refractivity contribution is 7.86. The fourth-order valence-corrected chi connectivity index (χ4v) is 5.00. The molecule has 0 saturated heterocycles. The largest absolute Gasteiger partial charge is 0.414 e. The van der Waals surface area contributed by atoms with Gasteiger partial charge in [0.05, 0.1) is 24.2 Å². The molecule has 182 valence electrons. The normalized spacial score (nSPS) is 14.6. The summed E-state index contributed by atoms with van der Waals surface area (Å²) in [6.07, 6.45) is 0.804. The molecule has 0 spiro atoms. The van der Waals surface area contributed by atoms with E-state index in [0.717, 1.165) is 11.1 Å². The lowest BCUT2D eigenvalue weighted by atomic mass is 10.1. The topological polar surface area (TPSA) is 61.8 Å². The minimum absolute atomic E-state index is 0.0216. The van der Waals surface area contributed by atoms with Gasteiger partial charge in [0.15, 0.2) is 8.32 Å². The van der Waals surface area contributed by atoms with Crippen molar-refractivity contribution in [3.63, 3.8) is 0 Å². The highest BCUT2D eigenvalue weighted by atomic mass is 32.2. The van der Waals surface area contributed by atoms with E-state index < -0.39 is 30.6 Å². The van der Waals surface area contributed by atoms with Gasteiger partial charge in [-0.25, -0.2) is 0 Å². The fraction of sp³-hybridized carbons (Fsp3) is 0.462. The van der Waals surface area contributed by atoms with Crippen molar-refractivity contribution in [2.75, 3.05) is 6.61 Å². The van der Waals surface area contributed by atoms with E-state index in [0.29, 0.717) is 13.0 Å². The van der Waals surface area contributed by atoms with Crippen LogP contribution in [-0.4, -0.2) is 35.6 Å². The number of benzene rings is 2. The van der Waals surface area contributed by atoms with Crippen LogP contribution in [0, 0.1) is 6.92 Å². The predicted molar refractivity (Wildman–Crippen MR) is 136 cm³/mol. The first-order valence-electron chi connectivity index (χ1n) is 11.3. The Balaban J connectivity index is 2.29. The summed E-state index contributed by atoms with van der Waals surface area (Å²) in [6, 6.07) is 16.4. The number of hydrogen-bond donors (Lipinski definition) is 0. The Hall–Kier alpha value is -1.77. The van der Waals surface area contributed by atoms with E-state index in [1.54, 1.807) is 30.3 Å². The third-order valence-electron chi connectivity index (χ3n) is 6.10. The van der Waals surface area contributed by atoms with Crippen LogP contribution in [0.15, 0.2) is 72.1 Å². The van der Waals surface area contributed by atoms with Gasteiger partial charge in [-0.1, -0.05) is 74.9 Å². The van der Waals surface area contributed by atoms with Crippen LogP contribution in [0.4, 0.5) is 0 Å². The van der Waals surface area contributed by atoms with Crippen LogP contribution in [-0.2, 0) is 30.1 Å². The Bertz CT molecular complexity index is 980. The summed E-state index contributed by atoms with van der Waals surface area (Å²) in [5, 5.41) is -0.0216. The first-order chi connectivity index (χ1) is 15.4. The van der Waals surface area contributed by atoms with Crippen molar-refractivity contribution in [1.82, 2.24) is 0 Å². The van der Waals surface area contributed by atoms with E-state index in [2.05, 4.69) is 40.4 Å². The molecule has 0 amide bonds. The zero-order valence-corrected chi connectivity index (χ0v) is 22.5. The molecule has 0 saturated carbocycles. The van der Waals surface area contributed by atoms with Gasteiger partial charge in [-0.3, -0.25) is 4.18 Å². The van der Waals surface area contributed by atoms with Crippen molar-refractivity contribution in [2.45, 2.75) is 76.0 Å². The summed E-state index contributed by atoms with van der Waals surface area (Å²) in [7, 11) is -6.15. The highest BCUT2D eigenvalue weighted by Crippen LogP contribution is 2.37. The molecule has 0 fully saturated rings. The quantitative estimate of drug-likeness (QED) is 0.200. The van der Waals surface area contributed by atoms with Gasteiger partial charge in [0.1, 0.15) is 6.10 Å². The number of ether oxygens (including phenoxy) is 1. The Labute approximate surface area is 201 Å². The van der Waals surface area contributed by atoms with Crippen molar-refractivity contribution < 1.29 is 21.8 Å². The van der Waals surface area contributed by atoms with Gasteiger partial charge in [-0.2, -0.15) is 8.42 Å². The van der Waals surface area contributed by atoms with E-state index >= 15 is 0 Å². The maximum absolute atomic E-state index is 13.1. The maximum atomic E-state index is 13.1. The van der Waals surface area contributed by atoms with Crippen molar-refractivity contribution in [2.24, 2.45) is 0 Å². The second kappa shape index (κ2) is 11.6. The van der Waals surface area contributed by atoms with Crippen LogP contribution in [0.25, 0.3) is 0 Å². The summed E-state index contributed by atoms with van der Waals surface area (Å²) >= 11 is 0. The fourth-order valence-electron chi connectivity index (χ4n) is 2.90. The zero-order valence-electron chi connectivity index (χ0n) is 20.7. The average Bonchev–Trinajstić information content (AvgIpc) is 2.74. The van der Waals surface area contributed by atoms with Gasteiger partial charge in [-0.15, -0.1) is 6.58 Å². The SMILES string of the molecule is C=CC[C@H](OCc1ccccc1)[C@@H](CO[Si](C)(C)C(C)(C)C)OS(=O)(=O)c1ccc(C)cc1. The number of rotatable bonds is 12. The molecule has 0 N–H and O–H groups in total. The monoisotopic (exact) mass is 490 g/mol. The molecule has 0 bridgehead atoms. The van der Waals surface area contributed by atoms with Gasteiger partial charge in [0.2, 0.25) is 0 Å². The molecular formula is C26H38O5SSi. The van der Waals surface area contributed by atoms with E-state index in [-0.39, 0.29) is 16.5 Å². The molecule has 2 rings (SSSR count).